The SMILES string of the molecule is O=C(N1CC(c2c(-c3ccc(F)cc3)[nH]c3c(F)cc(F)cc23)C1)C1(O)CC1. The third-order valence-electron chi connectivity index (χ3n) is 5.70. The van der Waals surface area contributed by atoms with Crippen LogP contribution in [0.5, 0.6) is 0 Å². The van der Waals surface area contributed by atoms with E-state index in [0.717, 1.165) is 6.07 Å². The molecule has 2 fully saturated rings. The zero-order valence-electron chi connectivity index (χ0n) is 14.8. The third-order valence-corrected chi connectivity index (χ3v) is 5.70. The number of aromatic nitrogens is 1. The highest BCUT2D eigenvalue weighted by Gasteiger charge is 2.52. The molecular formula is C21H17F3N2O2. The molecule has 2 aliphatic rings. The van der Waals surface area contributed by atoms with E-state index in [2.05, 4.69) is 4.98 Å². The lowest BCUT2D eigenvalue weighted by molar-refractivity contribution is -0.147. The van der Waals surface area contributed by atoms with Crippen molar-refractivity contribution in [3.63, 3.8) is 0 Å². The van der Waals surface area contributed by atoms with Gasteiger partial charge in [-0.3, -0.25) is 4.79 Å². The number of carbonyl (C=O) groups excluding carboxylic acids is 1. The van der Waals surface area contributed by atoms with Gasteiger partial charge in [0, 0.05) is 30.5 Å². The van der Waals surface area contributed by atoms with Crippen molar-refractivity contribution in [2.75, 3.05) is 13.1 Å². The molecule has 2 heterocycles. The Morgan fingerprint density at radius 1 is 1.07 bits per heavy atom. The Hall–Kier alpha value is -2.80. The van der Waals surface area contributed by atoms with Crippen LogP contribution in [0.15, 0.2) is 36.4 Å². The summed E-state index contributed by atoms with van der Waals surface area (Å²) in [6, 6.07) is 7.85. The summed E-state index contributed by atoms with van der Waals surface area (Å²) < 4.78 is 41.6. The van der Waals surface area contributed by atoms with Crippen LogP contribution in [0.3, 0.4) is 0 Å². The van der Waals surface area contributed by atoms with Gasteiger partial charge in [-0.1, -0.05) is 0 Å². The zero-order chi connectivity index (χ0) is 19.6. The number of aromatic amines is 1. The Balaban J connectivity index is 1.57. The van der Waals surface area contributed by atoms with Gasteiger partial charge in [-0.15, -0.1) is 0 Å². The van der Waals surface area contributed by atoms with E-state index in [4.69, 9.17) is 0 Å². The lowest BCUT2D eigenvalue weighted by atomic mass is 9.87. The second-order valence-electron chi connectivity index (χ2n) is 7.67. The van der Waals surface area contributed by atoms with Crippen molar-refractivity contribution in [2.45, 2.75) is 24.4 Å². The highest BCUT2D eigenvalue weighted by atomic mass is 19.1. The van der Waals surface area contributed by atoms with Crippen LogP contribution in [0.4, 0.5) is 13.2 Å². The van der Waals surface area contributed by atoms with E-state index in [0.29, 0.717) is 48.1 Å². The Bertz CT molecular complexity index is 1100. The Labute approximate surface area is 158 Å². The molecule has 1 aliphatic carbocycles. The van der Waals surface area contributed by atoms with Gasteiger partial charge in [-0.2, -0.15) is 0 Å². The average molecular weight is 386 g/mol. The standard InChI is InChI=1S/C21H17F3N2O2/c22-13-3-1-11(2-4-13)18-17(15-7-14(23)8-16(24)19(15)25-18)12-9-26(10-12)20(27)21(28)5-6-21/h1-4,7-8,12,25,28H,5-6,9-10H2. The summed E-state index contributed by atoms with van der Waals surface area (Å²) in [4.78, 5) is 16.9. The number of carbonyl (C=O) groups is 1. The number of hydrogen-bond acceptors (Lipinski definition) is 2. The number of amides is 1. The quantitative estimate of drug-likeness (QED) is 0.721. The van der Waals surface area contributed by atoms with E-state index in [1.165, 1.54) is 18.2 Å². The van der Waals surface area contributed by atoms with Crippen LogP contribution >= 0.6 is 0 Å². The largest absolute Gasteiger partial charge is 0.380 e. The first-order valence-corrected chi connectivity index (χ1v) is 9.14. The number of nitrogens with zero attached hydrogens (tertiary/aromatic N) is 1. The normalized spacial score (nSPS) is 18.4. The lowest BCUT2D eigenvalue weighted by Gasteiger charge is -2.41. The van der Waals surface area contributed by atoms with Crippen molar-refractivity contribution >= 4 is 16.8 Å². The molecule has 0 radical (unpaired) electrons. The number of H-pyrrole nitrogens is 1. The summed E-state index contributed by atoms with van der Waals surface area (Å²) >= 11 is 0. The van der Waals surface area contributed by atoms with Crippen molar-refractivity contribution in [2.24, 2.45) is 0 Å². The number of nitrogens with one attached hydrogen (secondary N) is 1. The Morgan fingerprint density at radius 3 is 2.39 bits per heavy atom. The van der Waals surface area contributed by atoms with Crippen molar-refractivity contribution in [3.05, 3.63) is 59.4 Å². The molecule has 0 spiro atoms. The molecule has 5 rings (SSSR count). The average Bonchev–Trinajstić information content (AvgIpc) is 3.26. The van der Waals surface area contributed by atoms with Gasteiger partial charge in [0.15, 0.2) is 0 Å². The van der Waals surface area contributed by atoms with Crippen molar-refractivity contribution in [1.82, 2.24) is 9.88 Å². The number of aliphatic hydroxyl groups is 1. The van der Waals surface area contributed by atoms with E-state index in [9.17, 15) is 23.1 Å². The molecule has 7 heteroatoms. The Kier molecular flexibility index (Phi) is 3.61. The molecule has 3 aromatic rings. The van der Waals surface area contributed by atoms with Gasteiger partial charge >= 0.3 is 0 Å². The van der Waals surface area contributed by atoms with E-state index >= 15 is 0 Å². The summed E-state index contributed by atoms with van der Waals surface area (Å²) in [5, 5.41) is 10.4. The van der Waals surface area contributed by atoms with Crippen LogP contribution in [-0.2, 0) is 4.79 Å². The van der Waals surface area contributed by atoms with Gasteiger partial charge in [0.25, 0.3) is 5.91 Å². The van der Waals surface area contributed by atoms with Crippen LogP contribution in [0.2, 0.25) is 0 Å². The summed E-state index contributed by atoms with van der Waals surface area (Å²) in [7, 11) is 0. The van der Waals surface area contributed by atoms with Crippen LogP contribution in [0.25, 0.3) is 22.2 Å². The van der Waals surface area contributed by atoms with Gasteiger partial charge in [0.1, 0.15) is 23.1 Å². The summed E-state index contributed by atoms with van der Waals surface area (Å²) in [6.45, 7) is 0.723. The molecule has 1 aliphatic heterocycles. The van der Waals surface area contributed by atoms with Crippen LogP contribution in [-0.4, -0.2) is 39.6 Å². The predicted octanol–water partition coefficient (Wildman–Crippen LogP) is 3.70. The minimum atomic E-state index is -1.23. The number of benzene rings is 2. The first-order valence-electron chi connectivity index (χ1n) is 9.14. The van der Waals surface area contributed by atoms with Crippen molar-refractivity contribution < 1.29 is 23.1 Å². The van der Waals surface area contributed by atoms with E-state index in [1.807, 2.05) is 0 Å². The molecule has 1 aromatic heterocycles. The van der Waals surface area contributed by atoms with Gasteiger partial charge in [0.05, 0.1) is 11.2 Å². The highest BCUT2D eigenvalue weighted by molar-refractivity contribution is 5.93. The van der Waals surface area contributed by atoms with Crippen LogP contribution < -0.4 is 0 Å². The molecule has 28 heavy (non-hydrogen) atoms. The smallest absolute Gasteiger partial charge is 0.254 e. The van der Waals surface area contributed by atoms with Crippen molar-refractivity contribution in [3.8, 4) is 11.3 Å². The number of fused-ring (bicyclic) bond motifs is 1. The molecule has 2 aromatic carbocycles. The predicted molar refractivity (Wildman–Crippen MR) is 97.1 cm³/mol. The third kappa shape index (κ3) is 2.61. The minimum absolute atomic E-state index is 0.138. The first-order chi connectivity index (χ1) is 13.4. The lowest BCUT2D eigenvalue weighted by Crippen LogP contribution is -2.53. The molecule has 1 amide bonds. The molecule has 0 bridgehead atoms. The fraction of sp³-hybridized carbons (Fsp3) is 0.286. The minimum Gasteiger partial charge on any atom is -0.380 e. The number of likely N-dealkylation sites (tertiary alicyclic amines) is 1. The fourth-order valence-electron chi connectivity index (χ4n) is 3.96. The molecule has 0 atom stereocenters. The maximum Gasteiger partial charge on any atom is 0.254 e. The van der Waals surface area contributed by atoms with E-state index < -0.39 is 23.1 Å². The van der Waals surface area contributed by atoms with Crippen molar-refractivity contribution in [1.29, 1.82) is 0 Å². The van der Waals surface area contributed by atoms with E-state index in [-0.39, 0.29) is 17.3 Å². The molecule has 2 N–H and O–H groups in total. The topological polar surface area (TPSA) is 56.3 Å². The maximum absolute atomic E-state index is 14.3. The van der Waals surface area contributed by atoms with Gasteiger partial charge < -0.3 is 15.0 Å². The number of hydrogen-bond donors (Lipinski definition) is 2. The number of rotatable bonds is 3. The second-order valence-corrected chi connectivity index (χ2v) is 7.67. The molecule has 144 valence electrons. The molecule has 1 saturated heterocycles. The highest BCUT2D eigenvalue weighted by Crippen LogP contribution is 2.44. The zero-order valence-corrected chi connectivity index (χ0v) is 14.8. The van der Waals surface area contributed by atoms with Crippen LogP contribution in [0, 0.1) is 17.5 Å². The number of halogens is 3. The summed E-state index contributed by atoms with van der Waals surface area (Å²) in [6.07, 6.45) is 0.939. The molecule has 0 unspecified atom stereocenters. The maximum atomic E-state index is 14.3. The van der Waals surface area contributed by atoms with E-state index in [1.54, 1.807) is 17.0 Å². The molecule has 4 nitrogen and oxygen atoms in total. The van der Waals surface area contributed by atoms with Gasteiger partial charge in [-0.25, -0.2) is 13.2 Å². The van der Waals surface area contributed by atoms with Crippen LogP contribution in [0.1, 0.15) is 24.3 Å². The Morgan fingerprint density at radius 2 is 1.75 bits per heavy atom. The monoisotopic (exact) mass is 386 g/mol. The van der Waals surface area contributed by atoms with Gasteiger partial charge in [-0.05, 0) is 54.3 Å². The molecule has 1 saturated carbocycles. The molecular weight excluding hydrogens is 369 g/mol. The van der Waals surface area contributed by atoms with Gasteiger partial charge in [0.2, 0.25) is 0 Å². The summed E-state index contributed by atoms with van der Waals surface area (Å²) in [5.74, 6) is -2.21. The second kappa shape index (κ2) is 5.85. The first kappa shape index (κ1) is 17.3. The fourth-order valence-corrected chi connectivity index (χ4v) is 3.96. The summed E-state index contributed by atoms with van der Waals surface area (Å²) in [5.41, 5.74) is 0.885.